The van der Waals surface area contributed by atoms with E-state index >= 15 is 0 Å². The number of nitrogens with zero attached hydrogens (tertiary/aromatic N) is 2. The molecule has 0 saturated carbocycles. The molecule has 1 aliphatic heterocycles. The summed E-state index contributed by atoms with van der Waals surface area (Å²) in [6.07, 6.45) is -0.393. The van der Waals surface area contributed by atoms with Crippen LogP contribution in [0.15, 0.2) is 29.2 Å². The van der Waals surface area contributed by atoms with E-state index in [1.165, 1.54) is 15.3 Å². The summed E-state index contributed by atoms with van der Waals surface area (Å²) in [5.74, 6) is 0. The average molecular weight is 297 g/mol. The van der Waals surface area contributed by atoms with E-state index in [1.807, 2.05) is 0 Å². The van der Waals surface area contributed by atoms with Gasteiger partial charge in [-0.2, -0.15) is 4.31 Å². The number of rotatable bonds is 3. The molecule has 0 spiro atoms. The van der Waals surface area contributed by atoms with Gasteiger partial charge in [0.25, 0.3) is 0 Å². The van der Waals surface area contributed by atoms with E-state index in [2.05, 4.69) is 6.07 Å². The molecule has 1 heterocycles. The van der Waals surface area contributed by atoms with E-state index < -0.39 is 16.1 Å². The molecule has 1 fully saturated rings. The number of carbonyl (C=O) groups is 1. The molecule has 109 valence electrons. The summed E-state index contributed by atoms with van der Waals surface area (Å²) < 4.78 is 31.0. The lowest BCUT2D eigenvalue weighted by atomic mass is 10.4. The zero-order valence-corrected chi connectivity index (χ0v) is 12.1. The standard InChI is InChI=1S/C13H17N2O4S/c1-2-19-13(16)14-8-10-15(11-9-14)20(17,18)12-6-4-3-5-7-12/h3-6H,2,8-11H2,1H3. The second kappa shape index (κ2) is 6.23. The molecule has 1 aromatic carbocycles. The van der Waals surface area contributed by atoms with E-state index in [4.69, 9.17) is 4.74 Å². The number of piperazine rings is 1. The Kier molecular flexibility index (Phi) is 4.61. The van der Waals surface area contributed by atoms with Gasteiger partial charge in [-0.1, -0.05) is 18.2 Å². The zero-order valence-electron chi connectivity index (χ0n) is 11.3. The Morgan fingerprint density at radius 1 is 1.30 bits per heavy atom. The summed E-state index contributed by atoms with van der Waals surface area (Å²) in [5.41, 5.74) is 0. The van der Waals surface area contributed by atoms with Gasteiger partial charge in [-0.3, -0.25) is 0 Å². The monoisotopic (exact) mass is 297 g/mol. The van der Waals surface area contributed by atoms with Crippen molar-refractivity contribution in [3.05, 3.63) is 30.3 Å². The molecule has 0 aliphatic carbocycles. The fourth-order valence-electron chi connectivity index (χ4n) is 2.00. The molecule has 1 amide bonds. The number of sulfonamides is 1. The van der Waals surface area contributed by atoms with Crippen LogP contribution in [-0.4, -0.2) is 56.5 Å². The highest BCUT2D eigenvalue weighted by Crippen LogP contribution is 2.16. The lowest BCUT2D eigenvalue weighted by Crippen LogP contribution is -2.50. The van der Waals surface area contributed by atoms with Crippen molar-refractivity contribution in [1.82, 2.24) is 9.21 Å². The van der Waals surface area contributed by atoms with Gasteiger partial charge in [-0.05, 0) is 13.0 Å². The van der Waals surface area contributed by atoms with Crippen molar-refractivity contribution < 1.29 is 17.9 Å². The first-order valence-electron chi connectivity index (χ1n) is 6.44. The van der Waals surface area contributed by atoms with Gasteiger partial charge in [0, 0.05) is 32.2 Å². The molecule has 6 nitrogen and oxygen atoms in total. The van der Waals surface area contributed by atoms with Crippen LogP contribution in [0, 0.1) is 6.07 Å². The molecule has 1 aliphatic rings. The maximum Gasteiger partial charge on any atom is 0.409 e. The van der Waals surface area contributed by atoms with E-state index in [-0.39, 0.29) is 18.0 Å². The van der Waals surface area contributed by atoms with Crippen molar-refractivity contribution in [2.75, 3.05) is 32.8 Å². The third-order valence-electron chi connectivity index (χ3n) is 3.06. The Labute approximate surface area is 119 Å². The molecule has 0 bridgehead atoms. The average Bonchev–Trinajstić information content (AvgIpc) is 2.48. The number of amides is 1. The number of carbonyl (C=O) groups excluding carboxylic acids is 1. The second-order valence-electron chi connectivity index (χ2n) is 4.32. The molecule has 0 unspecified atom stereocenters. The number of hydrogen-bond acceptors (Lipinski definition) is 4. The normalized spacial score (nSPS) is 16.9. The Morgan fingerprint density at radius 2 is 2.00 bits per heavy atom. The van der Waals surface area contributed by atoms with E-state index in [1.54, 1.807) is 25.1 Å². The SMILES string of the molecule is CCOC(=O)N1CCN(S(=O)(=O)c2[c]cccc2)CC1. The van der Waals surface area contributed by atoms with Gasteiger partial charge >= 0.3 is 6.09 Å². The molecule has 1 saturated heterocycles. The van der Waals surface area contributed by atoms with Gasteiger partial charge in [0.2, 0.25) is 10.0 Å². The smallest absolute Gasteiger partial charge is 0.409 e. The van der Waals surface area contributed by atoms with Crippen LogP contribution in [0.3, 0.4) is 0 Å². The summed E-state index contributed by atoms with van der Waals surface area (Å²) in [4.78, 5) is 13.2. The number of hydrogen-bond donors (Lipinski definition) is 0. The Balaban J connectivity index is 2.02. The van der Waals surface area contributed by atoms with E-state index in [9.17, 15) is 13.2 Å². The van der Waals surface area contributed by atoms with Crippen molar-refractivity contribution >= 4 is 16.1 Å². The lowest BCUT2D eigenvalue weighted by molar-refractivity contribution is 0.0934. The quantitative estimate of drug-likeness (QED) is 0.833. The first-order chi connectivity index (χ1) is 9.55. The molecule has 1 aromatic rings. The molecule has 0 N–H and O–H groups in total. The van der Waals surface area contributed by atoms with Crippen molar-refractivity contribution in [2.45, 2.75) is 11.8 Å². The van der Waals surface area contributed by atoms with Crippen molar-refractivity contribution in [3.8, 4) is 0 Å². The highest BCUT2D eigenvalue weighted by atomic mass is 32.2. The molecular weight excluding hydrogens is 280 g/mol. The molecule has 0 atom stereocenters. The predicted molar refractivity (Wildman–Crippen MR) is 72.6 cm³/mol. The largest absolute Gasteiger partial charge is 0.450 e. The van der Waals surface area contributed by atoms with Crippen LogP contribution in [0.1, 0.15) is 6.92 Å². The third-order valence-corrected chi connectivity index (χ3v) is 4.92. The van der Waals surface area contributed by atoms with Crippen molar-refractivity contribution in [1.29, 1.82) is 0 Å². The van der Waals surface area contributed by atoms with Gasteiger partial charge in [-0.25, -0.2) is 13.2 Å². The third kappa shape index (κ3) is 3.10. The maximum absolute atomic E-state index is 12.3. The predicted octanol–water partition coefficient (Wildman–Crippen LogP) is 0.950. The van der Waals surface area contributed by atoms with Gasteiger partial charge < -0.3 is 9.64 Å². The minimum absolute atomic E-state index is 0.157. The summed E-state index contributed by atoms with van der Waals surface area (Å²) in [6.45, 7) is 3.27. The van der Waals surface area contributed by atoms with Gasteiger partial charge in [0.1, 0.15) is 0 Å². The van der Waals surface area contributed by atoms with Crippen LogP contribution in [0.4, 0.5) is 4.79 Å². The first-order valence-corrected chi connectivity index (χ1v) is 7.88. The summed E-state index contributed by atoms with van der Waals surface area (Å²) >= 11 is 0. The maximum atomic E-state index is 12.3. The fourth-order valence-corrected chi connectivity index (χ4v) is 3.39. The Morgan fingerprint density at radius 3 is 2.55 bits per heavy atom. The lowest BCUT2D eigenvalue weighted by Gasteiger charge is -2.33. The van der Waals surface area contributed by atoms with Crippen LogP contribution in [-0.2, 0) is 14.8 Å². The van der Waals surface area contributed by atoms with E-state index in [0.717, 1.165) is 0 Å². The zero-order chi connectivity index (χ0) is 14.6. The van der Waals surface area contributed by atoms with Crippen LogP contribution in [0.5, 0.6) is 0 Å². The minimum atomic E-state index is -3.52. The van der Waals surface area contributed by atoms with Gasteiger partial charge in [0.05, 0.1) is 11.5 Å². The molecule has 7 heteroatoms. The molecule has 2 rings (SSSR count). The highest BCUT2D eigenvalue weighted by molar-refractivity contribution is 7.89. The minimum Gasteiger partial charge on any atom is -0.450 e. The summed E-state index contributed by atoms with van der Waals surface area (Å²) in [5, 5.41) is 0. The van der Waals surface area contributed by atoms with Crippen LogP contribution in [0.25, 0.3) is 0 Å². The van der Waals surface area contributed by atoms with Crippen LogP contribution >= 0.6 is 0 Å². The van der Waals surface area contributed by atoms with Crippen LogP contribution < -0.4 is 0 Å². The van der Waals surface area contributed by atoms with E-state index in [0.29, 0.717) is 19.7 Å². The molecule has 20 heavy (non-hydrogen) atoms. The van der Waals surface area contributed by atoms with Gasteiger partial charge in [-0.15, -0.1) is 0 Å². The number of ether oxygens (including phenoxy) is 1. The molecule has 0 aromatic heterocycles. The van der Waals surface area contributed by atoms with Gasteiger partial charge in [0.15, 0.2) is 0 Å². The fraction of sp³-hybridized carbons (Fsp3) is 0.462. The topological polar surface area (TPSA) is 66.9 Å². The highest BCUT2D eigenvalue weighted by Gasteiger charge is 2.30. The Bertz CT molecular complexity index is 551. The van der Waals surface area contributed by atoms with Crippen LogP contribution in [0.2, 0.25) is 0 Å². The Hall–Kier alpha value is -1.60. The second-order valence-corrected chi connectivity index (χ2v) is 6.22. The first kappa shape index (κ1) is 14.8. The number of benzene rings is 1. The van der Waals surface area contributed by atoms with Crippen molar-refractivity contribution in [3.63, 3.8) is 0 Å². The molecule has 1 radical (unpaired) electrons. The summed E-state index contributed by atoms with van der Waals surface area (Å²) in [6, 6.07) is 9.20. The van der Waals surface area contributed by atoms with Crippen molar-refractivity contribution in [2.24, 2.45) is 0 Å². The summed E-state index contributed by atoms with van der Waals surface area (Å²) in [7, 11) is -3.52. The molecular formula is C13H17N2O4S.